The van der Waals surface area contributed by atoms with Crippen molar-refractivity contribution in [2.75, 3.05) is 0 Å². The minimum Gasteiger partial charge on any atom is -0.474 e. The Hall–Kier alpha value is -2.18. The predicted molar refractivity (Wildman–Crippen MR) is 75.7 cm³/mol. The fourth-order valence-electron chi connectivity index (χ4n) is 1.50. The van der Waals surface area contributed by atoms with Gasteiger partial charge in [0.25, 0.3) is 5.91 Å². The number of nitro benzene ring substituents is 1. The third-order valence-corrected chi connectivity index (χ3v) is 3.14. The molecule has 0 heterocycles. The van der Waals surface area contributed by atoms with E-state index in [4.69, 9.17) is 4.74 Å². The van der Waals surface area contributed by atoms with Gasteiger partial charge in [-0.1, -0.05) is 6.92 Å². The molecule has 21 heavy (non-hydrogen) atoms. The third kappa shape index (κ3) is 4.70. The van der Waals surface area contributed by atoms with E-state index in [9.17, 15) is 19.3 Å². The van der Waals surface area contributed by atoms with Gasteiger partial charge in [0.2, 0.25) is 5.75 Å². The number of carbonyl (C=O) groups is 1. The summed E-state index contributed by atoms with van der Waals surface area (Å²) in [6, 6.07) is 2.87. The van der Waals surface area contributed by atoms with Crippen molar-refractivity contribution in [2.24, 2.45) is 0 Å². The van der Waals surface area contributed by atoms with E-state index in [0.717, 1.165) is 18.2 Å². The van der Waals surface area contributed by atoms with Gasteiger partial charge in [-0.05, 0) is 33.3 Å². The van der Waals surface area contributed by atoms with Crippen LogP contribution in [0, 0.1) is 15.9 Å². The fraction of sp³-hybridized carbons (Fsp3) is 0.500. The van der Waals surface area contributed by atoms with Gasteiger partial charge in [0.15, 0.2) is 6.10 Å². The van der Waals surface area contributed by atoms with E-state index in [1.165, 1.54) is 6.92 Å². The predicted octanol–water partition coefficient (Wildman–Crippen LogP) is 2.81. The highest BCUT2D eigenvalue weighted by atomic mass is 19.1. The Morgan fingerprint density at radius 1 is 1.52 bits per heavy atom. The standard InChI is InChI=1S/C14H19FN2O4/c1-5-14(3,4)16-13(18)9(2)21-12-8-10(15)6-7-11(12)17(19)20/h6-9H,5H2,1-4H3,(H,16,18). The summed E-state index contributed by atoms with van der Waals surface area (Å²) in [6.45, 7) is 7.07. The Morgan fingerprint density at radius 2 is 2.14 bits per heavy atom. The Bertz CT molecular complexity index is 546. The molecule has 0 aromatic heterocycles. The average molecular weight is 298 g/mol. The molecule has 0 aliphatic carbocycles. The Balaban J connectivity index is 2.88. The van der Waals surface area contributed by atoms with Crippen molar-refractivity contribution in [1.29, 1.82) is 0 Å². The number of nitrogens with zero attached hydrogens (tertiary/aromatic N) is 1. The number of rotatable bonds is 6. The molecule has 1 unspecified atom stereocenters. The summed E-state index contributed by atoms with van der Waals surface area (Å²) >= 11 is 0. The second kappa shape index (κ2) is 6.51. The minimum absolute atomic E-state index is 0.267. The number of amides is 1. The molecule has 1 aromatic carbocycles. The van der Waals surface area contributed by atoms with Crippen LogP contribution in [0.1, 0.15) is 34.1 Å². The molecule has 6 nitrogen and oxygen atoms in total. The maximum atomic E-state index is 13.2. The number of ether oxygens (including phenoxy) is 1. The second-order valence-corrected chi connectivity index (χ2v) is 5.36. The van der Waals surface area contributed by atoms with E-state index in [2.05, 4.69) is 5.32 Å². The van der Waals surface area contributed by atoms with Crippen LogP contribution in [-0.4, -0.2) is 22.5 Å². The van der Waals surface area contributed by atoms with Crippen LogP contribution >= 0.6 is 0 Å². The van der Waals surface area contributed by atoms with Crippen LogP contribution in [0.15, 0.2) is 18.2 Å². The molecule has 7 heteroatoms. The maximum absolute atomic E-state index is 13.2. The molecule has 0 fully saturated rings. The number of nitro groups is 1. The second-order valence-electron chi connectivity index (χ2n) is 5.36. The molecule has 116 valence electrons. The maximum Gasteiger partial charge on any atom is 0.311 e. The Morgan fingerprint density at radius 3 is 2.67 bits per heavy atom. The Labute approximate surface area is 122 Å². The minimum atomic E-state index is -0.976. The van der Waals surface area contributed by atoms with Crippen molar-refractivity contribution in [3.05, 3.63) is 34.1 Å². The normalized spacial score (nSPS) is 12.6. The lowest BCUT2D eigenvalue weighted by Gasteiger charge is -2.26. The van der Waals surface area contributed by atoms with Crippen LogP contribution in [0.4, 0.5) is 10.1 Å². The van der Waals surface area contributed by atoms with Crippen LogP contribution < -0.4 is 10.1 Å². The summed E-state index contributed by atoms with van der Waals surface area (Å²) in [5.74, 6) is -1.35. The molecule has 1 rings (SSSR count). The smallest absolute Gasteiger partial charge is 0.311 e. The highest BCUT2D eigenvalue weighted by Crippen LogP contribution is 2.28. The number of benzene rings is 1. The molecule has 0 saturated heterocycles. The summed E-state index contributed by atoms with van der Waals surface area (Å²) in [5.41, 5.74) is -0.798. The summed E-state index contributed by atoms with van der Waals surface area (Å²) in [4.78, 5) is 22.2. The van der Waals surface area contributed by atoms with Crippen molar-refractivity contribution in [3.8, 4) is 5.75 Å². The van der Waals surface area contributed by atoms with Gasteiger partial charge in [-0.3, -0.25) is 14.9 Å². The molecular weight excluding hydrogens is 279 g/mol. The molecule has 1 aromatic rings. The molecule has 1 N–H and O–H groups in total. The van der Waals surface area contributed by atoms with Gasteiger partial charge in [0.05, 0.1) is 4.92 Å². The van der Waals surface area contributed by atoms with Crippen molar-refractivity contribution in [1.82, 2.24) is 5.32 Å². The van der Waals surface area contributed by atoms with Crippen molar-refractivity contribution < 1.29 is 18.8 Å². The molecule has 0 saturated carbocycles. The zero-order valence-electron chi connectivity index (χ0n) is 12.5. The lowest BCUT2D eigenvalue weighted by Crippen LogP contribution is -2.48. The zero-order valence-corrected chi connectivity index (χ0v) is 12.5. The highest BCUT2D eigenvalue weighted by molar-refractivity contribution is 5.81. The van der Waals surface area contributed by atoms with E-state index in [-0.39, 0.29) is 11.4 Å². The van der Waals surface area contributed by atoms with E-state index < -0.39 is 28.3 Å². The summed E-state index contributed by atoms with van der Waals surface area (Å²) < 4.78 is 18.4. The number of halogens is 1. The monoisotopic (exact) mass is 298 g/mol. The number of hydrogen-bond donors (Lipinski definition) is 1. The lowest BCUT2D eigenvalue weighted by atomic mass is 10.0. The number of nitrogens with one attached hydrogen (secondary N) is 1. The molecule has 1 amide bonds. The zero-order chi connectivity index (χ0) is 16.2. The van der Waals surface area contributed by atoms with Gasteiger partial charge in [-0.25, -0.2) is 4.39 Å². The highest BCUT2D eigenvalue weighted by Gasteiger charge is 2.25. The average Bonchev–Trinajstić information content (AvgIpc) is 2.37. The molecule has 0 aliphatic rings. The van der Waals surface area contributed by atoms with Gasteiger partial charge < -0.3 is 10.1 Å². The van der Waals surface area contributed by atoms with Crippen molar-refractivity contribution in [2.45, 2.75) is 45.8 Å². The van der Waals surface area contributed by atoms with Crippen molar-refractivity contribution >= 4 is 11.6 Å². The van der Waals surface area contributed by atoms with Gasteiger partial charge >= 0.3 is 5.69 Å². The summed E-state index contributed by atoms with van der Waals surface area (Å²) in [6.07, 6.45) is -0.262. The molecule has 1 atom stereocenters. The Kier molecular flexibility index (Phi) is 5.23. The van der Waals surface area contributed by atoms with Crippen LogP contribution in [0.2, 0.25) is 0 Å². The van der Waals surface area contributed by atoms with E-state index in [0.29, 0.717) is 6.42 Å². The fourth-order valence-corrected chi connectivity index (χ4v) is 1.50. The summed E-state index contributed by atoms with van der Waals surface area (Å²) in [5, 5.41) is 13.6. The van der Waals surface area contributed by atoms with Crippen LogP contribution in [0.3, 0.4) is 0 Å². The largest absolute Gasteiger partial charge is 0.474 e. The van der Waals surface area contributed by atoms with Gasteiger partial charge in [0, 0.05) is 17.7 Å². The first kappa shape index (κ1) is 16.9. The first-order valence-corrected chi connectivity index (χ1v) is 6.59. The van der Waals surface area contributed by atoms with Crippen LogP contribution in [0.5, 0.6) is 5.75 Å². The topological polar surface area (TPSA) is 81.5 Å². The SMILES string of the molecule is CCC(C)(C)NC(=O)C(C)Oc1cc(F)ccc1[N+](=O)[O-]. The van der Waals surface area contributed by atoms with Crippen molar-refractivity contribution in [3.63, 3.8) is 0 Å². The van der Waals surface area contributed by atoms with E-state index >= 15 is 0 Å². The first-order valence-electron chi connectivity index (χ1n) is 6.59. The first-order chi connectivity index (χ1) is 9.66. The number of carbonyl (C=O) groups excluding carboxylic acids is 1. The third-order valence-electron chi connectivity index (χ3n) is 3.14. The lowest BCUT2D eigenvalue weighted by molar-refractivity contribution is -0.386. The van der Waals surface area contributed by atoms with E-state index in [1.807, 2.05) is 20.8 Å². The van der Waals surface area contributed by atoms with Crippen LogP contribution in [-0.2, 0) is 4.79 Å². The van der Waals surface area contributed by atoms with Gasteiger partial charge in [0.1, 0.15) is 5.82 Å². The molecule has 0 bridgehead atoms. The van der Waals surface area contributed by atoms with E-state index in [1.54, 1.807) is 0 Å². The summed E-state index contributed by atoms with van der Waals surface area (Å²) in [7, 11) is 0. The number of hydrogen-bond acceptors (Lipinski definition) is 4. The van der Waals surface area contributed by atoms with Crippen LogP contribution in [0.25, 0.3) is 0 Å². The molecule has 0 radical (unpaired) electrons. The van der Waals surface area contributed by atoms with Gasteiger partial charge in [-0.2, -0.15) is 0 Å². The quantitative estimate of drug-likeness (QED) is 0.646. The molecule has 0 aliphatic heterocycles. The molecule has 0 spiro atoms. The molecular formula is C14H19FN2O4. The van der Waals surface area contributed by atoms with Gasteiger partial charge in [-0.15, -0.1) is 0 Å².